The molecule has 0 aliphatic carbocycles. The maximum Gasteiger partial charge on any atom is 0.323 e. The second-order valence-corrected chi connectivity index (χ2v) is 4.87. The molecule has 1 rings (SSSR count). The lowest BCUT2D eigenvalue weighted by atomic mass is 10.1. The molecule has 1 aromatic carbocycles. The Morgan fingerprint density at radius 1 is 1.13 bits per heavy atom. The second-order valence-electron chi connectivity index (χ2n) is 4.87. The number of non-ortho nitro benzene ring substituents is 2. The van der Waals surface area contributed by atoms with Gasteiger partial charge >= 0.3 is 5.97 Å². The maximum absolute atomic E-state index is 11.7. The fourth-order valence-electron chi connectivity index (χ4n) is 1.84. The summed E-state index contributed by atoms with van der Waals surface area (Å²) in [5, 5.41) is 21.5. The quantitative estimate of drug-likeness (QED) is 0.293. The summed E-state index contributed by atoms with van der Waals surface area (Å²) in [6.07, 6.45) is 1.82. The standard InChI is InChI=1S/C13H18N4O6/c14-4-2-1-3-12(15)13(18)23-8-9-5-10(16(19)20)7-11(6-9)17(21)22/h5-7,12H,1-4,8,14-15H2/t12-/m1/s1. The first-order valence-corrected chi connectivity index (χ1v) is 6.90. The van der Waals surface area contributed by atoms with Gasteiger partial charge in [0.05, 0.1) is 15.9 Å². The monoisotopic (exact) mass is 326 g/mol. The lowest BCUT2D eigenvalue weighted by Crippen LogP contribution is -2.32. The van der Waals surface area contributed by atoms with Crippen LogP contribution >= 0.6 is 0 Å². The average Bonchev–Trinajstić information content (AvgIpc) is 2.52. The van der Waals surface area contributed by atoms with E-state index in [9.17, 15) is 25.0 Å². The summed E-state index contributed by atoms with van der Waals surface area (Å²) >= 11 is 0. The minimum absolute atomic E-state index is 0.147. The molecule has 0 saturated heterocycles. The number of carbonyl (C=O) groups excluding carboxylic acids is 1. The van der Waals surface area contributed by atoms with Crippen LogP contribution in [0.5, 0.6) is 0 Å². The Kier molecular flexibility index (Phi) is 7.03. The summed E-state index contributed by atoms with van der Waals surface area (Å²) < 4.78 is 4.95. The molecule has 0 unspecified atom stereocenters. The molecule has 4 N–H and O–H groups in total. The third kappa shape index (κ3) is 5.96. The zero-order valence-electron chi connectivity index (χ0n) is 12.3. The summed E-state index contributed by atoms with van der Waals surface area (Å²) in [6, 6.07) is 2.24. The second kappa shape index (κ2) is 8.76. The molecular weight excluding hydrogens is 308 g/mol. The molecule has 10 nitrogen and oxygen atoms in total. The SMILES string of the molecule is NCCCC[C@@H](N)C(=O)OCc1cc([N+](=O)[O-])cc([N+](=O)[O-])c1. The van der Waals surface area contributed by atoms with E-state index in [0.717, 1.165) is 24.6 Å². The molecule has 1 atom stereocenters. The number of benzene rings is 1. The molecule has 0 fully saturated rings. The van der Waals surface area contributed by atoms with Crippen molar-refractivity contribution in [1.82, 2.24) is 0 Å². The zero-order valence-corrected chi connectivity index (χ0v) is 12.3. The summed E-state index contributed by atoms with van der Waals surface area (Å²) in [7, 11) is 0. The van der Waals surface area contributed by atoms with Crippen molar-refractivity contribution < 1.29 is 19.4 Å². The van der Waals surface area contributed by atoms with Crippen LogP contribution in [0, 0.1) is 20.2 Å². The normalized spacial score (nSPS) is 11.7. The molecule has 0 spiro atoms. The van der Waals surface area contributed by atoms with Crippen molar-refractivity contribution in [2.24, 2.45) is 11.5 Å². The van der Waals surface area contributed by atoms with Gasteiger partial charge in [0, 0.05) is 17.7 Å². The Bertz CT molecular complexity index is 560. The number of nitrogens with zero attached hydrogens (tertiary/aromatic N) is 2. The van der Waals surface area contributed by atoms with Crippen molar-refractivity contribution in [1.29, 1.82) is 0 Å². The Balaban J connectivity index is 2.71. The highest BCUT2D eigenvalue weighted by molar-refractivity contribution is 5.75. The van der Waals surface area contributed by atoms with Crippen LogP contribution in [0.15, 0.2) is 18.2 Å². The van der Waals surface area contributed by atoms with Crippen LogP contribution in [-0.4, -0.2) is 28.4 Å². The first-order valence-electron chi connectivity index (χ1n) is 6.90. The Morgan fingerprint density at radius 2 is 1.70 bits per heavy atom. The fourth-order valence-corrected chi connectivity index (χ4v) is 1.84. The molecule has 0 bridgehead atoms. The van der Waals surface area contributed by atoms with E-state index >= 15 is 0 Å². The van der Waals surface area contributed by atoms with E-state index in [2.05, 4.69) is 0 Å². The van der Waals surface area contributed by atoms with Gasteiger partial charge < -0.3 is 16.2 Å². The Labute approximate surface area is 131 Å². The molecule has 126 valence electrons. The summed E-state index contributed by atoms with van der Waals surface area (Å²) in [4.78, 5) is 31.7. The number of nitro benzene ring substituents is 2. The highest BCUT2D eigenvalue weighted by Crippen LogP contribution is 2.23. The van der Waals surface area contributed by atoms with Crippen molar-refractivity contribution in [2.45, 2.75) is 31.9 Å². The van der Waals surface area contributed by atoms with E-state index in [1.54, 1.807) is 0 Å². The van der Waals surface area contributed by atoms with Crippen LogP contribution in [0.3, 0.4) is 0 Å². The van der Waals surface area contributed by atoms with E-state index in [-0.39, 0.29) is 12.2 Å². The van der Waals surface area contributed by atoms with E-state index in [1.165, 1.54) is 0 Å². The molecule has 0 aliphatic rings. The van der Waals surface area contributed by atoms with Crippen LogP contribution < -0.4 is 11.5 Å². The number of nitro groups is 2. The van der Waals surface area contributed by atoms with Gasteiger partial charge in [-0.2, -0.15) is 0 Å². The van der Waals surface area contributed by atoms with E-state index in [1.807, 2.05) is 0 Å². The van der Waals surface area contributed by atoms with Crippen molar-refractivity contribution in [2.75, 3.05) is 6.54 Å². The van der Waals surface area contributed by atoms with Crippen LogP contribution in [0.2, 0.25) is 0 Å². The van der Waals surface area contributed by atoms with Gasteiger partial charge in [-0.25, -0.2) is 0 Å². The Hall–Kier alpha value is -2.59. The lowest BCUT2D eigenvalue weighted by Gasteiger charge is -2.11. The predicted octanol–water partition coefficient (Wildman–Crippen LogP) is 1.00. The number of carbonyl (C=O) groups is 1. The van der Waals surface area contributed by atoms with Gasteiger partial charge in [-0.05, 0) is 19.4 Å². The molecule has 0 aromatic heterocycles. The van der Waals surface area contributed by atoms with Gasteiger partial charge in [0.2, 0.25) is 0 Å². The fraction of sp³-hybridized carbons (Fsp3) is 0.462. The minimum atomic E-state index is -0.824. The molecular formula is C13H18N4O6. The van der Waals surface area contributed by atoms with Crippen molar-refractivity contribution in [3.8, 4) is 0 Å². The number of ether oxygens (including phenoxy) is 1. The third-order valence-electron chi connectivity index (χ3n) is 3.04. The number of nitrogens with two attached hydrogens (primary N) is 2. The van der Waals surface area contributed by atoms with Crippen LogP contribution in [0.25, 0.3) is 0 Å². The number of hydrogen-bond donors (Lipinski definition) is 2. The Morgan fingerprint density at radius 3 is 2.17 bits per heavy atom. The van der Waals surface area contributed by atoms with Crippen molar-refractivity contribution >= 4 is 17.3 Å². The topological polar surface area (TPSA) is 165 Å². The number of unbranched alkanes of at least 4 members (excludes halogenated alkanes) is 1. The summed E-state index contributed by atoms with van der Waals surface area (Å²) in [5.74, 6) is -0.670. The predicted molar refractivity (Wildman–Crippen MR) is 80.4 cm³/mol. The molecule has 0 aliphatic heterocycles. The molecule has 23 heavy (non-hydrogen) atoms. The zero-order chi connectivity index (χ0) is 17.4. The molecule has 0 heterocycles. The number of esters is 1. The lowest BCUT2D eigenvalue weighted by molar-refractivity contribution is -0.394. The van der Waals surface area contributed by atoms with Gasteiger partial charge in [-0.3, -0.25) is 25.0 Å². The number of rotatable bonds is 9. The van der Waals surface area contributed by atoms with Crippen LogP contribution in [0.1, 0.15) is 24.8 Å². The highest BCUT2D eigenvalue weighted by Gasteiger charge is 2.19. The molecule has 1 aromatic rings. The molecule has 0 radical (unpaired) electrons. The largest absolute Gasteiger partial charge is 0.460 e. The van der Waals surface area contributed by atoms with Gasteiger partial charge in [-0.15, -0.1) is 0 Å². The van der Waals surface area contributed by atoms with E-state index in [0.29, 0.717) is 19.4 Å². The highest BCUT2D eigenvalue weighted by atomic mass is 16.6. The maximum atomic E-state index is 11.7. The molecule has 0 amide bonds. The first kappa shape index (κ1) is 18.5. The van der Waals surface area contributed by atoms with Gasteiger partial charge in [0.25, 0.3) is 11.4 Å². The summed E-state index contributed by atoms with van der Waals surface area (Å²) in [5.41, 5.74) is 10.2. The molecule has 0 saturated carbocycles. The van der Waals surface area contributed by atoms with Gasteiger partial charge in [0.15, 0.2) is 0 Å². The molecule has 10 heteroatoms. The van der Waals surface area contributed by atoms with Gasteiger partial charge in [0.1, 0.15) is 12.6 Å². The minimum Gasteiger partial charge on any atom is -0.460 e. The van der Waals surface area contributed by atoms with Gasteiger partial charge in [-0.1, -0.05) is 6.42 Å². The van der Waals surface area contributed by atoms with Crippen molar-refractivity contribution in [3.05, 3.63) is 44.0 Å². The van der Waals surface area contributed by atoms with Crippen LogP contribution in [-0.2, 0) is 16.1 Å². The third-order valence-corrected chi connectivity index (χ3v) is 3.04. The number of hydrogen-bond acceptors (Lipinski definition) is 8. The smallest absolute Gasteiger partial charge is 0.323 e. The van der Waals surface area contributed by atoms with Crippen LogP contribution in [0.4, 0.5) is 11.4 Å². The first-order chi connectivity index (χ1) is 10.8. The van der Waals surface area contributed by atoms with E-state index < -0.39 is 33.2 Å². The average molecular weight is 326 g/mol. The van der Waals surface area contributed by atoms with Crippen molar-refractivity contribution in [3.63, 3.8) is 0 Å². The summed E-state index contributed by atoms with van der Waals surface area (Å²) in [6.45, 7) is 0.172. The van der Waals surface area contributed by atoms with E-state index in [4.69, 9.17) is 16.2 Å².